The lowest BCUT2D eigenvalue weighted by atomic mass is 9.96. The quantitative estimate of drug-likeness (QED) is 0.717. The summed E-state index contributed by atoms with van der Waals surface area (Å²) in [7, 11) is -1.22. The second-order valence-electron chi connectivity index (χ2n) is 4.66. The number of hydrogen-bond donors (Lipinski definition) is 0. The maximum atomic E-state index is 11.7. The van der Waals surface area contributed by atoms with Gasteiger partial charge in [0.15, 0.2) is 0 Å². The van der Waals surface area contributed by atoms with Crippen LogP contribution in [0.15, 0.2) is 0 Å². The molecule has 0 heterocycles. The van der Waals surface area contributed by atoms with Gasteiger partial charge in [0.2, 0.25) is 10.0 Å². The molecule has 3 atom stereocenters. The summed E-state index contributed by atoms with van der Waals surface area (Å²) in [6.45, 7) is 1.72. The molecule has 3 nitrogen and oxygen atoms in total. The number of nitrogens with zero attached hydrogens (tertiary/aromatic N) is 1. The van der Waals surface area contributed by atoms with Crippen LogP contribution in [0.25, 0.3) is 0 Å². The molecule has 3 unspecified atom stereocenters. The fraction of sp³-hybridized carbons (Fsp3) is 1.00. The van der Waals surface area contributed by atoms with Gasteiger partial charge in [-0.2, -0.15) is 0 Å². The SMILES string of the molecule is CCS(=O)(=O)N(C)C1CC2CCC1C2. The van der Waals surface area contributed by atoms with E-state index in [9.17, 15) is 8.42 Å². The van der Waals surface area contributed by atoms with Crippen molar-refractivity contribution in [2.24, 2.45) is 11.8 Å². The van der Waals surface area contributed by atoms with Gasteiger partial charge in [-0.25, -0.2) is 12.7 Å². The lowest BCUT2D eigenvalue weighted by Crippen LogP contribution is -2.41. The molecular formula is C10H19NO2S. The van der Waals surface area contributed by atoms with Crippen LogP contribution in [0.1, 0.15) is 32.6 Å². The van der Waals surface area contributed by atoms with Crippen molar-refractivity contribution in [3.8, 4) is 0 Å². The smallest absolute Gasteiger partial charge is 0.212 e. The maximum Gasteiger partial charge on any atom is 0.213 e. The van der Waals surface area contributed by atoms with Gasteiger partial charge in [-0.1, -0.05) is 6.42 Å². The molecule has 2 aliphatic carbocycles. The third-order valence-corrected chi connectivity index (χ3v) is 5.85. The minimum absolute atomic E-state index is 0.234. The molecule has 2 saturated carbocycles. The molecule has 0 saturated heterocycles. The van der Waals surface area contributed by atoms with Crippen molar-refractivity contribution in [3.63, 3.8) is 0 Å². The van der Waals surface area contributed by atoms with Crippen molar-refractivity contribution in [3.05, 3.63) is 0 Å². The van der Waals surface area contributed by atoms with Crippen LogP contribution in [-0.4, -0.2) is 31.6 Å². The standard InChI is InChI=1S/C10H19NO2S/c1-3-14(12,13)11(2)10-7-8-4-5-9(10)6-8/h8-10H,3-7H2,1-2H3. The minimum atomic E-state index is -2.97. The van der Waals surface area contributed by atoms with Gasteiger partial charge >= 0.3 is 0 Å². The number of hydrogen-bond acceptors (Lipinski definition) is 2. The van der Waals surface area contributed by atoms with Gasteiger partial charge in [0.25, 0.3) is 0 Å². The molecule has 2 fully saturated rings. The molecule has 0 aromatic carbocycles. The first-order valence-corrected chi connectivity index (χ1v) is 7.11. The molecule has 0 aliphatic heterocycles. The molecule has 0 radical (unpaired) electrons. The topological polar surface area (TPSA) is 37.4 Å². The van der Waals surface area contributed by atoms with E-state index in [0.717, 1.165) is 12.3 Å². The monoisotopic (exact) mass is 217 g/mol. The predicted molar refractivity (Wildman–Crippen MR) is 56.5 cm³/mol. The fourth-order valence-electron chi connectivity index (χ4n) is 3.07. The Kier molecular flexibility index (Phi) is 2.60. The Hall–Kier alpha value is -0.0900. The molecule has 4 heteroatoms. The zero-order valence-corrected chi connectivity index (χ0v) is 9.76. The van der Waals surface area contributed by atoms with Crippen LogP contribution in [0.4, 0.5) is 0 Å². The van der Waals surface area contributed by atoms with Gasteiger partial charge in [-0.3, -0.25) is 0 Å². The van der Waals surface area contributed by atoms with E-state index in [1.807, 2.05) is 0 Å². The molecular weight excluding hydrogens is 198 g/mol. The third-order valence-electron chi connectivity index (χ3n) is 3.97. The highest BCUT2D eigenvalue weighted by atomic mass is 32.2. The predicted octanol–water partition coefficient (Wildman–Crippen LogP) is 1.46. The maximum absolute atomic E-state index is 11.7. The van der Waals surface area contributed by atoms with Crippen LogP contribution < -0.4 is 0 Å². The zero-order chi connectivity index (χ0) is 10.3. The molecule has 14 heavy (non-hydrogen) atoms. The average Bonchev–Trinajstić information content (AvgIpc) is 2.77. The van der Waals surface area contributed by atoms with Crippen molar-refractivity contribution in [2.75, 3.05) is 12.8 Å². The van der Waals surface area contributed by atoms with Crippen LogP contribution in [-0.2, 0) is 10.0 Å². The Balaban J connectivity index is 2.10. The Labute approximate surface area is 86.5 Å². The Bertz CT molecular complexity index is 312. The van der Waals surface area contributed by atoms with E-state index in [-0.39, 0.29) is 5.75 Å². The second-order valence-corrected chi connectivity index (χ2v) is 6.98. The van der Waals surface area contributed by atoms with Crippen LogP contribution in [0.3, 0.4) is 0 Å². The van der Waals surface area contributed by atoms with Crippen molar-refractivity contribution in [1.82, 2.24) is 4.31 Å². The van der Waals surface area contributed by atoms with E-state index < -0.39 is 10.0 Å². The first kappa shape index (κ1) is 10.4. The Morgan fingerprint density at radius 2 is 2.00 bits per heavy atom. The molecule has 0 aromatic heterocycles. The summed E-state index contributed by atoms with van der Waals surface area (Å²) in [4.78, 5) is 0. The molecule has 0 N–H and O–H groups in total. The molecule has 82 valence electrons. The second kappa shape index (κ2) is 3.49. The summed E-state index contributed by atoms with van der Waals surface area (Å²) in [5.41, 5.74) is 0. The summed E-state index contributed by atoms with van der Waals surface area (Å²) in [6.07, 6.45) is 4.91. The lowest BCUT2D eigenvalue weighted by molar-refractivity contribution is 0.267. The van der Waals surface area contributed by atoms with Gasteiger partial charge < -0.3 is 0 Å². The van der Waals surface area contributed by atoms with Crippen LogP contribution in [0, 0.1) is 11.8 Å². The highest BCUT2D eigenvalue weighted by Gasteiger charge is 2.43. The molecule has 0 aromatic rings. The van der Waals surface area contributed by atoms with Gasteiger partial charge in [0, 0.05) is 13.1 Å². The molecule has 2 bridgehead atoms. The Morgan fingerprint density at radius 3 is 2.43 bits per heavy atom. The van der Waals surface area contributed by atoms with Gasteiger partial charge in [-0.15, -0.1) is 0 Å². The third kappa shape index (κ3) is 1.58. The van der Waals surface area contributed by atoms with Crippen molar-refractivity contribution in [1.29, 1.82) is 0 Å². The molecule has 0 spiro atoms. The number of fused-ring (bicyclic) bond motifs is 2. The largest absolute Gasteiger partial charge is 0.213 e. The number of rotatable bonds is 3. The van der Waals surface area contributed by atoms with Gasteiger partial charge in [0.05, 0.1) is 5.75 Å². The van der Waals surface area contributed by atoms with E-state index >= 15 is 0 Å². The van der Waals surface area contributed by atoms with Crippen molar-refractivity contribution in [2.45, 2.75) is 38.6 Å². The van der Waals surface area contributed by atoms with Gasteiger partial charge in [-0.05, 0) is 38.0 Å². The van der Waals surface area contributed by atoms with Crippen LogP contribution in [0.2, 0.25) is 0 Å². The van der Waals surface area contributed by atoms with Crippen molar-refractivity contribution < 1.29 is 8.42 Å². The highest BCUT2D eigenvalue weighted by Crippen LogP contribution is 2.46. The van der Waals surface area contributed by atoms with E-state index in [1.54, 1.807) is 18.3 Å². The fourth-order valence-corrected chi connectivity index (χ4v) is 4.14. The first-order chi connectivity index (χ1) is 6.54. The summed E-state index contributed by atoms with van der Waals surface area (Å²) < 4.78 is 25.0. The summed E-state index contributed by atoms with van der Waals surface area (Å²) in [5, 5.41) is 0. The summed E-state index contributed by atoms with van der Waals surface area (Å²) in [5.74, 6) is 1.68. The van der Waals surface area contributed by atoms with E-state index in [4.69, 9.17) is 0 Å². The first-order valence-electron chi connectivity index (χ1n) is 5.50. The Morgan fingerprint density at radius 1 is 1.29 bits per heavy atom. The number of sulfonamides is 1. The van der Waals surface area contributed by atoms with E-state index in [0.29, 0.717) is 12.0 Å². The summed E-state index contributed by atoms with van der Waals surface area (Å²) >= 11 is 0. The minimum Gasteiger partial charge on any atom is -0.212 e. The van der Waals surface area contributed by atoms with Crippen LogP contribution in [0.5, 0.6) is 0 Å². The van der Waals surface area contributed by atoms with E-state index in [2.05, 4.69) is 0 Å². The zero-order valence-electron chi connectivity index (χ0n) is 8.94. The average molecular weight is 217 g/mol. The lowest BCUT2D eigenvalue weighted by Gasteiger charge is -2.30. The highest BCUT2D eigenvalue weighted by molar-refractivity contribution is 7.89. The van der Waals surface area contributed by atoms with Crippen LogP contribution >= 0.6 is 0 Å². The van der Waals surface area contributed by atoms with E-state index in [1.165, 1.54) is 19.3 Å². The summed E-state index contributed by atoms with van der Waals surface area (Å²) in [6, 6.07) is 0.304. The molecule has 0 amide bonds. The molecule has 2 aliphatic rings. The molecule has 2 rings (SSSR count). The van der Waals surface area contributed by atoms with Crippen molar-refractivity contribution >= 4 is 10.0 Å². The van der Waals surface area contributed by atoms with Gasteiger partial charge in [0.1, 0.15) is 0 Å². The normalized spacial score (nSPS) is 36.9.